The van der Waals surface area contributed by atoms with Crippen molar-refractivity contribution >= 4 is 11.3 Å². The van der Waals surface area contributed by atoms with Gasteiger partial charge in [-0.05, 0) is 43.4 Å². The third-order valence-corrected chi connectivity index (χ3v) is 3.06. The van der Waals surface area contributed by atoms with Gasteiger partial charge >= 0.3 is 0 Å². The predicted octanol–water partition coefficient (Wildman–Crippen LogP) is 4.20. The van der Waals surface area contributed by atoms with Crippen molar-refractivity contribution in [3.63, 3.8) is 0 Å². The molecule has 0 unspecified atom stereocenters. The van der Waals surface area contributed by atoms with Crippen molar-refractivity contribution in [2.45, 2.75) is 26.7 Å². The Morgan fingerprint density at radius 2 is 2.00 bits per heavy atom. The van der Waals surface area contributed by atoms with Gasteiger partial charge in [0, 0.05) is 11.3 Å². The lowest BCUT2D eigenvalue weighted by Gasteiger charge is -2.16. The first-order valence-corrected chi connectivity index (χ1v) is 5.71. The molecule has 0 aliphatic heterocycles. The van der Waals surface area contributed by atoms with Gasteiger partial charge in [-0.3, -0.25) is 0 Å². The van der Waals surface area contributed by atoms with Crippen LogP contribution < -0.4 is 0 Å². The summed E-state index contributed by atoms with van der Waals surface area (Å²) < 4.78 is 0. The average Bonchev–Trinajstić information content (AvgIpc) is 2.29. The molecule has 0 spiro atoms. The van der Waals surface area contributed by atoms with E-state index >= 15 is 0 Å². The molecule has 0 fully saturated rings. The fourth-order valence-electron chi connectivity index (χ4n) is 2.21. The Balaban J connectivity index is 2.56. The van der Waals surface area contributed by atoms with Crippen molar-refractivity contribution < 1.29 is 0 Å². The van der Waals surface area contributed by atoms with E-state index in [4.69, 9.17) is 5.41 Å². The van der Waals surface area contributed by atoms with Crippen molar-refractivity contribution in [1.29, 1.82) is 5.41 Å². The van der Waals surface area contributed by atoms with Gasteiger partial charge in [-0.1, -0.05) is 36.4 Å². The van der Waals surface area contributed by atoms with Gasteiger partial charge in [0.15, 0.2) is 0 Å². The second kappa shape index (κ2) is 4.48. The largest absolute Gasteiger partial charge is 0.305 e. The van der Waals surface area contributed by atoms with Crippen molar-refractivity contribution in [2.75, 3.05) is 0 Å². The Bertz CT molecular complexity index is 478. The highest BCUT2D eigenvalue weighted by atomic mass is 14.4. The van der Waals surface area contributed by atoms with Gasteiger partial charge in [-0.25, -0.2) is 0 Å². The van der Waals surface area contributed by atoms with Crippen LogP contribution in [0, 0.1) is 5.41 Å². The van der Waals surface area contributed by atoms with E-state index < -0.39 is 0 Å². The molecule has 1 aliphatic rings. The van der Waals surface area contributed by atoms with Crippen LogP contribution in [0.25, 0.3) is 5.57 Å². The number of hydrogen-bond acceptors (Lipinski definition) is 1. The maximum atomic E-state index is 7.82. The lowest BCUT2D eigenvalue weighted by molar-refractivity contribution is 1.03. The average molecular weight is 211 g/mol. The van der Waals surface area contributed by atoms with Crippen LogP contribution in [0.3, 0.4) is 0 Å². The molecule has 1 heteroatoms. The Hall–Kier alpha value is -1.63. The first kappa shape index (κ1) is 10.9. The molecular weight excluding hydrogens is 194 g/mol. The molecule has 0 saturated carbocycles. The zero-order valence-corrected chi connectivity index (χ0v) is 9.88. The van der Waals surface area contributed by atoms with Crippen molar-refractivity contribution in [1.82, 2.24) is 0 Å². The maximum Gasteiger partial charge on any atom is 0.0361 e. The topological polar surface area (TPSA) is 23.9 Å². The summed E-state index contributed by atoms with van der Waals surface area (Å²) in [5.74, 6) is 0. The highest BCUT2D eigenvalue weighted by Gasteiger charge is 2.12. The highest BCUT2D eigenvalue weighted by molar-refractivity contribution is 6.01. The van der Waals surface area contributed by atoms with Crippen LogP contribution in [-0.4, -0.2) is 5.71 Å². The summed E-state index contributed by atoms with van der Waals surface area (Å²) in [5, 5.41) is 7.82. The van der Waals surface area contributed by atoms with Gasteiger partial charge < -0.3 is 5.41 Å². The van der Waals surface area contributed by atoms with Crippen molar-refractivity contribution in [3.05, 3.63) is 53.1 Å². The quantitative estimate of drug-likeness (QED) is 0.709. The standard InChI is InChI=1S/C15H17N/c1-11-7-3-4-8-13(11)15-10-6-5-9-14(15)12(2)16/h3,5-7,9-10,16H,4,8H2,1-2H3. The number of allylic oxidation sites excluding steroid dienone is 4. The van der Waals surface area contributed by atoms with E-state index in [0.717, 1.165) is 18.4 Å². The van der Waals surface area contributed by atoms with Crippen LogP contribution in [0.2, 0.25) is 0 Å². The SMILES string of the molecule is CC(=N)c1ccccc1C1=C(C)C=CCC1. The van der Waals surface area contributed by atoms with Gasteiger partial charge in [0.2, 0.25) is 0 Å². The predicted molar refractivity (Wildman–Crippen MR) is 69.9 cm³/mol. The van der Waals surface area contributed by atoms with E-state index in [1.54, 1.807) is 0 Å². The third kappa shape index (κ3) is 1.99. The van der Waals surface area contributed by atoms with Gasteiger partial charge in [-0.15, -0.1) is 0 Å². The van der Waals surface area contributed by atoms with Crippen molar-refractivity contribution in [2.24, 2.45) is 0 Å². The molecule has 1 aliphatic carbocycles. The van der Waals surface area contributed by atoms with Crippen LogP contribution in [0.4, 0.5) is 0 Å². The molecular formula is C15H17N. The summed E-state index contributed by atoms with van der Waals surface area (Å²) in [7, 11) is 0. The zero-order chi connectivity index (χ0) is 11.5. The second-order valence-corrected chi connectivity index (χ2v) is 4.27. The molecule has 2 rings (SSSR count). The first-order valence-electron chi connectivity index (χ1n) is 5.71. The molecule has 16 heavy (non-hydrogen) atoms. The van der Waals surface area contributed by atoms with Crippen LogP contribution >= 0.6 is 0 Å². The molecule has 0 atom stereocenters. The Kier molecular flexibility index (Phi) is 3.04. The van der Waals surface area contributed by atoms with Gasteiger partial charge in [0.25, 0.3) is 0 Å². The smallest absolute Gasteiger partial charge is 0.0361 e. The maximum absolute atomic E-state index is 7.82. The third-order valence-electron chi connectivity index (χ3n) is 3.06. The fraction of sp³-hybridized carbons (Fsp3) is 0.267. The van der Waals surface area contributed by atoms with Gasteiger partial charge in [-0.2, -0.15) is 0 Å². The normalized spacial score (nSPS) is 15.4. The molecule has 1 N–H and O–H groups in total. The van der Waals surface area contributed by atoms with Gasteiger partial charge in [0.1, 0.15) is 0 Å². The van der Waals surface area contributed by atoms with E-state index in [1.165, 1.54) is 16.7 Å². The molecule has 1 aromatic carbocycles. The minimum Gasteiger partial charge on any atom is -0.305 e. The summed E-state index contributed by atoms with van der Waals surface area (Å²) in [4.78, 5) is 0. The second-order valence-electron chi connectivity index (χ2n) is 4.27. The molecule has 82 valence electrons. The summed E-state index contributed by atoms with van der Waals surface area (Å²) in [6.07, 6.45) is 6.61. The summed E-state index contributed by atoms with van der Waals surface area (Å²) in [5.41, 5.74) is 5.67. The van der Waals surface area contributed by atoms with E-state index in [-0.39, 0.29) is 0 Å². The molecule has 0 saturated heterocycles. The van der Waals surface area contributed by atoms with Gasteiger partial charge in [0.05, 0.1) is 0 Å². The number of hydrogen-bond donors (Lipinski definition) is 1. The minimum atomic E-state index is 0.644. The monoisotopic (exact) mass is 211 g/mol. The lowest BCUT2D eigenvalue weighted by atomic mass is 9.88. The van der Waals surface area contributed by atoms with Crippen molar-refractivity contribution in [3.8, 4) is 0 Å². The van der Waals surface area contributed by atoms with Crippen LogP contribution in [0.5, 0.6) is 0 Å². The molecule has 0 amide bonds. The molecule has 1 nitrogen and oxygen atoms in total. The summed E-state index contributed by atoms with van der Waals surface area (Å²) in [6, 6.07) is 8.23. The Morgan fingerprint density at radius 1 is 1.25 bits per heavy atom. The minimum absolute atomic E-state index is 0.644. The van der Waals surface area contributed by atoms with Crippen LogP contribution in [0.15, 0.2) is 42.0 Å². The number of rotatable bonds is 2. The molecule has 0 aromatic heterocycles. The van der Waals surface area contributed by atoms with E-state index in [2.05, 4.69) is 31.2 Å². The number of nitrogens with one attached hydrogen (secondary N) is 1. The number of benzene rings is 1. The first-order chi connectivity index (χ1) is 7.70. The summed E-state index contributed by atoms with van der Waals surface area (Å²) in [6.45, 7) is 4.01. The van der Waals surface area contributed by atoms with E-state index in [9.17, 15) is 0 Å². The van der Waals surface area contributed by atoms with Crippen LogP contribution in [0.1, 0.15) is 37.8 Å². The molecule has 0 bridgehead atoms. The van der Waals surface area contributed by atoms with E-state index in [1.807, 2.05) is 19.1 Å². The molecule has 0 radical (unpaired) electrons. The Morgan fingerprint density at radius 3 is 2.69 bits per heavy atom. The zero-order valence-electron chi connectivity index (χ0n) is 9.88. The molecule has 1 aromatic rings. The van der Waals surface area contributed by atoms with Crippen LogP contribution in [-0.2, 0) is 0 Å². The Labute approximate surface area is 97.0 Å². The van der Waals surface area contributed by atoms with E-state index in [0.29, 0.717) is 5.71 Å². The summed E-state index contributed by atoms with van der Waals surface area (Å²) >= 11 is 0. The highest BCUT2D eigenvalue weighted by Crippen LogP contribution is 2.30. The fourth-order valence-corrected chi connectivity index (χ4v) is 2.21. The lowest BCUT2D eigenvalue weighted by Crippen LogP contribution is -2.01. The molecule has 0 heterocycles.